The first-order valence-electron chi connectivity index (χ1n) is 12.3. The first-order valence-corrected chi connectivity index (χ1v) is 12.3. The molecule has 4 rings (SSSR count). The minimum Gasteiger partial charge on any atom is -0.394 e. The standard InChI is InChI=1S/C26H37N3O5/c1-6-17(15-30)29-20(22(32)28-24(3,4)5)26-14-13-25(7-2,34-26)18(19(26)23(29)33)21(31)27-16-11-9-8-10-12-16/h8-12,17-20,30H,6-7,13-15H2,1-5H3,(H,27,31)(H,28,32)/t17-,18+,19-,20?,25-,26?/m0/s1. The number of para-hydroxylation sites is 1. The molecule has 8 nitrogen and oxygen atoms in total. The van der Waals surface area contributed by atoms with Crippen molar-refractivity contribution in [2.75, 3.05) is 11.9 Å². The Kier molecular flexibility index (Phi) is 6.27. The van der Waals surface area contributed by atoms with Crippen molar-refractivity contribution in [3.8, 4) is 0 Å². The number of carbonyl (C=O) groups excluding carboxylic acids is 3. The minimum atomic E-state index is -1.09. The number of ether oxygens (including phenoxy) is 1. The van der Waals surface area contributed by atoms with Gasteiger partial charge in [-0.15, -0.1) is 0 Å². The summed E-state index contributed by atoms with van der Waals surface area (Å²) < 4.78 is 6.71. The fourth-order valence-corrected chi connectivity index (χ4v) is 6.34. The summed E-state index contributed by atoms with van der Waals surface area (Å²) >= 11 is 0. The third-order valence-electron chi connectivity index (χ3n) is 7.76. The van der Waals surface area contributed by atoms with E-state index in [1.165, 1.54) is 4.90 Å². The van der Waals surface area contributed by atoms with Crippen molar-refractivity contribution < 1.29 is 24.2 Å². The molecule has 2 unspecified atom stereocenters. The van der Waals surface area contributed by atoms with Crippen LogP contribution in [-0.2, 0) is 19.1 Å². The molecule has 3 N–H and O–H groups in total. The summed E-state index contributed by atoms with van der Waals surface area (Å²) in [7, 11) is 0. The van der Waals surface area contributed by atoms with Gasteiger partial charge in [-0.1, -0.05) is 32.0 Å². The molecule has 0 radical (unpaired) electrons. The van der Waals surface area contributed by atoms with Gasteiger partial charge >= 0.3 is 0 Å². The van der Waals surface area contributed by atoms with E-state index in [0.29, 0.717) is 31.4 Å². The largest absolute Gasteiger partial charge is 0.394 e. The van der Waals surface area contributed by atoms with Crippen molar-refractivity contribution in [3.05, 3.63) is 30.3 Å². The molecule has 186 valence electrons. The number of anilines is 1. The molecule has 3 fully saturated rings. The average Bonchev–Trinajstić information content (AvgIpc) is 3.38. The van der Waals surface area contributed by atoms with E-state index in [4.69, 9.17) is 4.74 Å². The summed E-state index contributed by atoms with van der Waals surface area (Å²) in [4.78, 5) is 42.9. The van der Waals surface area contributed by atoms with Crippen LogP contribution in [0.2, 0.25) is 0 Å². The van der Waals surface area contributed by atoms with Crippen LogP contribution in [0.4, 0.5) is 5.69 Å². The lowest BCUT2D eigenvalue weighted by Gasteiger charge is -2.38. The van der Waals surface area contributed by atoms with Gasteiger partial charge in [-0.25, -0.2) is 0 Å². The van der Waals surface area contributed by atoms with E-state index in [1.807, 2.05) is 65.0 Å². The van der Waals surface area contributed by atoms with Crippen LogP contribution < -0.4 is 10.6 Å². The van der Waals surface area contributed by atoms with Gasteiger partial charge in [0.1, 0.15) is 11.6 Å². The Hall–Kier alpha value is -2.45. The summed E-state index contributed by atoms with van der Waals surface area (Å²) in [6.07, 6.45) is 2.18. The first-order chi connectivity index (χ1) is 16.0. The number of amides is 3. The van der Waals surface area contributed by atoms with Gasteiger partial charge in [0.25, 0.3) is 0 Å². The second kappa shape index (κ2) is 8.64. The third-order valence-corrected chi connectivity index (χ3v) is 7.76. The number of fused-ring (bicyclic) bond motifs is 1. The van der Waals surface area contributed by atoms with Crippen LogP contribution in [0.25, 0.3) is 0 Å². The molecular formula is C26H37N3O5. The van der Waals surface area contributed by atoms with Crippen molar-refractivity contribution in [1.29, 1.82) is 0 Å². The Morgan fingerprint density at radius 1 is 1.18 bits per heavy atom. The fourth-order valence-electron chi connectivity index (χ4n) is 6.34. The molecule has 0 aliphatic carbocycles. The lowest BCUT2D eigenvalue weighted by atomic mass is 9.65. The predicted molar refractivity (Wildman–Crippen MR) is 128 cm³/mol. The molecule has 3 aliphatic rings. The third kappa shape index (κ3) is 3.71. The van der Waals surface area contributed by atoms with Crippen molar-refractivity contribution in [3.63, 3.8) is 0 Å². The number of rotatable bonds is 7. The van der Waals surface area contributed by atoms with Crippen LogP contribution in [0.1, 0.15) is 60.3 Å². The maximum Gasteiger partial charge on any atom is 0.246 e. The predicted octanol–water partition coefficient (Wildman–Crippen LogP) is 2.47. The van der Waals surface area contributed by atoms with Gasteiger partial charge in [-0.05, 0) is 58.6 Å². The van der Waals surface area contributed by atoms with Crippen LogP contribution in [-0.4, -0.2) is 63.2 Å². The fraction of sp³-hybridized carbons (Fsp3) is 0.654. The Labute approximate surface area is 201 Å². The number of aliphatic hydroxyl groups excluding tert-OH is 1. The number of carbonyl (C=O) groups is 3. The van der Waals surface area contributed by atoms with Gasteiger partial charge in [0.15, 0.2) is 0 Å². The lowest BCUT2D eigenvalue weighted by molar-refractivity contribution is -0.150. The summed E-state index contributed by atoms with van der Waals surface area (Å²) in [5.41, 5.74) is -1.75. The van der Waals surface area contributed by atoms with Crippen LogP contribution in [0.15, 0.2) is 30.3 Å². The monoisotopic (exact) mass is 471 g/mol. The number of likely N-dealkylation sites (tertiary alicyclic amines) is 1. The molecule has 1 aromatic carbocycles. The summed E-state index contributed by atoms with van der Waals surface area (Å²) in [5.74, 6) is -2.34. The van der Waals surface area contributed by atoms with Crippen LogP contribution in [0, 0.1) is 11.8 Å². The molecule has 3 aliphatic heterocycles. The van der Waals surface area contributed by atoms with Crippen molar-refractivity contribution in [1.82, 2.24) is 10.2 Å². The molecule has 6 atom stereocenters. The SMILES string of the molecule is CC[C@@H](CO)N1C(=O)[C@@H]2[C@H](C(=O)Nc3ccccc3)[C@]3(CC)CCC2(O3)C1C(=O)NC(C)(C)C. The molecule has 3 amide bonds. The molecule has 3 saturated heterocycles. The van der Waals surface area contributed by atoms with Crippen LogP contribution in [0.3, 0.4) is 0 Å². The topological polar surface area (TPSA) is 108 Å². The maximum absolute atomic E-state index is 14.0. The number of nitrogens with zero attached hydrogens (tertiary/aromatic N) is 1. The van der Waals surface area contributed by atoms with Crippen molar-refractivity contribution in [2.45, 2.75) is 89.1 Å². The number of hydrogen-bond donors (Lipinski definition) is 3. The second-order valence-corrected chi connectivity index (χ2v) is 10.9. The van der Waals surface area contributed by atoms with E-state index < -0.39 is 40.7 Å². The molecule has 34 heavy (non-hydrogen) atoms. The molecule has 1 spiro atoms. The highest BCUT2D eigenvalue weighted by atomic mass is 16.5. The summed E-state index contributed by atoms with van der Waals surface area (Å²) in [5, 5.41) is 16.1. The van der Waals surface area contributed by atoms with E-state index in [0.717, 1.165) is 0 Å². The quantitative estimate of drug-likeness (QED) is 0.566. The highest BCUT2D eigenvalue weighted by Gasteiger charge is 2.79. The van der Waals surface area contributed by atoms with E-state index in [9.17, 15) is 19.5 Å². The first kappa shape index (κ1) is 24.7. The van der Waals surface area contributed by atoms with Crippen molar-refractivity contribution >= 4 is 23.4 Å². The zero-order chi connectivity index (χ0) is 24.9. The van der Waals surface area contributed by atoms with Gasteiger partial charge in [-0.3, -0.25) is 14.4 Å². The molecule has 8 heteroatoms. The minimum absolute atomic E-state index is 0.260. The Balaban J connectivity index is 1.78. The van der Waals surface area contributed by atoms with E-state index in [2.05, 4.69) is 10.6 Å². The van der Waals surface area contributed by atoms with Gasteiger partial charge < -0.3 is 25.4 Å². The summed E-state index contributed by atoms with van der Waals surface area (Å²) in [6.45, 7) is 9.26. The Bertz CT molecular complexity index is 957. The average molecular weight is 472 g/mol. The zero-order valence-electron chi connectivity index (χ0n) is 20.8. The molecular weight excluding hydrogens is 434 g/mol. The van der Waals surface area contributed by atoms with E-state index in [1.54, 1.807) is 0 Å². The zero-order valence-corrected chi connectivity index (χ0v) is 20.8. The molecule has 2 bridgehead atoms. The number of benzene rings is 1. The van der Waals surface area contributed by atoms with Gasteiger partial charge in [0.05, 0.1) is 30.1 Å². The van der Waals surface area contributed by atoms with E-state index in [-0.39, 0.29) is 24.3 Å². The Morgan fingerprint density at radius 3 is 2.41 bits per heavy atom. The lowest BCUT2D eigenvalue weighted by Crippen LogP contribution is -2.60. The summed E-state index contributed by atoms with van der Waals surface area (Å²) in [6, 6.07) is 7.74. The number of aliphatic hydroxyl groups is 1. The normalized spacial score (nSPS) is 33.1. The number of hydrogen-bond acceptors (Lipinski definition) is 5. The van der Waals surface area contributed by atoms with Gasteiger partial charge in [0, 0.05) is 11.2 Å². The van der Waals surface area contributed by atoms with Crippen LogP contribution in [0.5, 0.6) is 0 Å². The number of nitrogens with one attached hydrogen (secondary N) is 2. The molecule has 0 saturated carbocycles. The highest BCUT2D eigenvalue weighted by Crippen LogP contribution is 2.64. The second-order valence-electron chi connectivity index (χ2n) is 10.9. The molecule has 1 aromatic rings. The van der Waals surface area contributed by atoms with Gasteiger partial charge in [-0.2, -0.15) is 0 Å². The van der Waals surface area contributed by atoms with Gasteiger partial charge in [0.2, 0.25) is 17.7 Å². The van der Waals surface area contributed by atoms with Crippen molar-refractivity contribution in [2.24, 2.45) is 11.8 Å². The molecule has 3 heterocycles. The maximum atomic E-state index is 14.0. The highest BCUT2D eigenvalue weighted by molar-refractivity contribution is 6.02. The van der Waals surface area contributed by atoms with Crippen LogP contribution >= 0.6 is 0 Å². The van der Waals surface area contributed by atoms with E-state index >= 15 is 0 Å². The Morgan fingerprint density at radius 2 is 1.85 bits per heavy atom. The smallest absolute Gasteiger partial charge is 0.246 e. The molecule has 0 aromatic heterocycles.